The summed E-state index contributed by atoms with van der Waals surface area (Å²) in [6.07, 6.45) is 3.95. The van der Waals surface area contributed by atoms with Crippen LogP contribution in [-0.4, -0.2) is 62.0 Å². The molecule has 1 saturated heterocycles. The average Bonchev–Trinajstić information content (AvgIpc) is 2.65. The van der Waals surface area contributed by atoms with E-state index in [2.05, 4.69) is 0 Å². The number of amides is 2. The maximum atomic E-state index is 12.4. The average molecular weight is 348 g/mol. The van der Waals surface area contributed by atoms with E-state index in [1.165, 1.54) is 13.3 Å². The molecule has 6 heteroatoms. The minimum absolute atomic E-state index is 0.0437. The van der Waals surface area contributed by atoms with Gasteiger partial charge in [0.25, 0.3) is 0 Å². The zero-order chi connectivity index (χ0) is 18.2. The number of piperidine rings is 1. The largest absolute Gasteiger partial charge is 0.493 e. The lowest BCUT2D eigenvalue weighted by atomic mass is 10.1. The Morgan fingerprint density at radius 3 is 2.36 bits per heavy atom. The third-order valence-corrected chi connectivity index (χ3v) is 4.60. The predicted molar refractivity (Wildman–Crippen MR) is 95.9 cm³/mol. The van der Waals surface area contributed by atoms with E-state index in [4.69, 9.17) is 9.47 Å². The smallest absolute Gasteiger partial charge is 0.242 e. The zero-order valence-corrected chi connectivity index (χ0v) is 15.4. The van der Waals surface area contributed by atoms with Crippen molar-refractivity contribution in [3.05, 3.63) is 23.8 Å². The Morgan fingerprint density at radius 2 is 1.76 bits per heavy atom. The molecule has 0 radical (unpaired) electrons. The van der Waals surface area contributed by atoms with Crippen LogP contribution >= 0.6 is 0 Å². The minimum Gasteiger partial charge on any atom is -0.493 e. The summed E-state index contributed by atoms with van der Waals surface area (Å²) in [5.41, 5.74) is 1.04. The fourth-order valence-corrected chi connectivity index (χ4v) is 3.05. The highest BCUT2D eigenvalue weighted by Gasteiger charge is 2.20. The first-order valence-corrected chi connectivity index (χ1v) is 8.79. The van der Waals surface area contributed by atoms with E-state index in [1.54, 1.807) is 19.1 Å². The van der Waals surface area contributed by atoms with Gasteiger partial charge in [-0.2, -0.15) is 0 Å². The lowest BCUT2D eigenvalue weighted by Gasteiger charge is -2.29. The highest BCUT2D eigenvalue weighted by atomic mass is 16.5. The standard InChI is InChI=1S/C19H28N2O4/c1-15(22)21(14-19(23)20-10-5-4-6-11-20)12-9-16-7-8-17(24-2)18(13-16)25-3/h7-8,13H,4-6,9-12,14H2,1-3H3. The monoisotopic (exact) mass is 348 g/mol. The van der Waals surface area contributed by atoms with Gasteiger partial charge >= 0.3 is 0 Å². The molecule has 25 heavy (non-hydrogen) atoms. The highest BCUT2D eigenvalue weighted by Crippen LogP contribution is 2.27. The fourth-order valence-electron chi connectivity index (χ4n) is 3.05. The number of carbonyl (C=O) groups excluding carboxylic acids is 2. The summed E-state index contributed by atoms with van der Waals surface area (Å²) in [7, 11) is 3.20. The Morgan fingerprint density at radius 1 is 1.08 bits per heavy atom. The van der Waals surface area contributed by atoms with Crippen LogP contribution in [0.3, 0.4) is 0 Å². The van der Waals surface area contributed by atoms with E-state index in [0.29, 0.717) is 24.5 Å². The van der Waals surface area contributed by atoms with Gasteiger partial charge in [-0.1, -0.05) is 6.07 Å². The lowest BCUT2D eigenvalue weighted by Crippen LogP contribution is -2.44. The maximum Gasteiger partial charge on any atom is 0.242 e. The van der Waals surface area contributed by atoms with E-state index in [-0.39, 0.29) is 18.4 Å². The summed E-state index contributed by atoms with van der Waals surface area (Å²) in [5.74, 6) is 1.31. The number of likely N-dealkylation sites (tertiary alicyclic amines) is 1. The Labute approximate surface area is 149 Å². The van der Waals surface area contributed by atoms with Gasteiger partial charge in [0.1, 0.15) is 0 Å². The minimum atomic E-state index is -0.0779. The van der Waals surface area contributed by atoms with Crippen molar-refractivity contribution >= 4 is 11.8 Å². The summed E-state index contributed by atoms with van der Waals surface area (Å²) in [4.78, 5) is 27.8. The number of hydrogen-bond donors (Lipinski definition) is 0. The quantitative estimate of drug-likeness (QED) is 0.757. The van der Waals surface area contributed by atoms with Gasteiger partial charge < -0.3 is 19.3 Å². The van der Waals surface area contributed by atoms with E-state index < -0.39 is 0 Å². The Kier molecular flexibility index (Phi) is 7.10. The van der Waals surface area contributed by atoms with Gasteiger partial charge in [0.2, 0.25) is 11.8 Å². The fraction of sp³-hybridized carbons (Fsp3) is 0.579. The molecule has 1 aliphatic heterocycles. The van der Waals surface area contributed by atoms with Gasteiger partial charge in [-0.05, 0) is 43.4 Å². The van der Waals surface area contributed by atoms with Crippen molar-refractivity contribution in [2.75, 3.05) is 40.4 Å². The first-order valence-electron chi connectivity index (χ1n) is 8.79. The Balaban J connectivity index is 1.95. The number of ether oxygens (including phenoxy) is 2. The Bertz CT molecular complexity index is 597. The molecule has 0 aromatic heterocycles. The first-order chi connectivity index (χ1) is 12.0. The van der Waals surface area contributed by atoms with Crippen molar-refractivity contribution in [1.29, 1.82) is 0 Å². The van der Waals surface area contributed by atoms with Crippen LogP contribution in [0.4, 0.5) is 0 Å². The molecule has 1 aromatic rings. The van der Waals surface area contributed by atoms with Crippen molar-refractivity contribution in [1.82, 2.24) is 9.80 Å². The van der Waals surface area contributed by atoms with E-state index in [9.17, 15) is 9.59 Å². The van der Waals surface area contributed by atoms with Crippen LogP contribution < -0.4 is 9.47 Å². The predicted octanol–water partition coefficient (Wildman–Crippen LogP) is 2.11. The molecule has 6 nitrogen and oxygen atoms in total. The molecule has 0 unspecified atom stereocenters. The van der Waals surface area contributed by atoms with Gasteiger partial charge in [0.15, 0.2) is 11.5 Å². The van der Waals surface area contributed by atoms with Gasteiger partial charge in [0.05, 0.1) is 20.8 Å². The molecule has 138 valence electrons. The summed E-state index contributed by atoms with van der Waals surface area (Å²) >= 11 is 0. The van der Waals surface area contributed by atoms with Crippen LogP contribution in [0.25, 0.3) is 0 Å². The molecule has 1 fully saturated rings. The van der Waals surface area contributed by atoms with Crippen molar-refractivity contribution in [3.63, 3.8) is 0 Å². The normalized spacial score (nSPS) is 14.1. The van der Waals surface area contributed by atoms with Gasteiger partial charge in [-0.25, -0.2) is 0 Å². The van der Waals surface area contributed by atoms with Crippen molar-refractivity contribution < 1.29 is 19.1 Å². The van der Waals surface area contributed by atoms with Crippen LogP contribution in [0, 0.1) is 0 Å². The molecule has 0 N–H and O–H groups in total. The molecule has 0 saturated carbocycles. The SMILES string of the molecule is COc1ccc(CCN(CC(=O)N2CCCCC2)C(C)=O)cc1OC. The third-order valence-electron chi connectivity index (χ3n) is 4.60. The van der Waals surface area contributed by atoms with Crippen molar-refractivity contribution in [2.24, 2.45) is 0 Å². The van der Waals surface area contributed by atoms with E-state index in [0.717, 1.165) is 31.5 Å². The highest BCUT2D eigenvalue weighted by molar-refractivity contribution is 5.83. The zero-order valence-electron chi connectivity index (χ0n) is 15.4. The van der Waals surface area contributed by atoms with Gasteiger partial charge in [-0.3, -0.25) is 9.59 Å². The molecule has 1 aliphatic rings. The number of hydrogen-bond acceptors (Lipinski definition) is 4. The van der Waals surface area contributed by atoms with Crippen molar-refractivity contribution in [3.8, 4) is 11.5 Å². The number of benzene rings is 1. The topological polar surface area (TPSA) is 59.1 Å². The van der Waals surface area contributed by atoms with Crippen LogP contribution in [0.2, 0.25) is 0 Å². The molecule has 1 aromatic carbocycles. The first kappa shape index (κ1) is 19.1. The number of rotatable bonds is 7. The third kappa shape index (κ3) is 5.37. The second kappa shape index (κ2) is 9.30. The molecule has 2 rings (SSSR count). The van der Waals surface area contributed by atoms with Crippen LogP contribution in [0.15, 0.2) is 18.2 Å². The van der Waals surface area contributed by atoms with Gasteiger partial charge in [0, 0.05) is 26.6 Å². The summed E-state index contributed by atoms with van der Waals surface area (Å²) < 4.78 is 10.5. The number of methoxy groups -OCH3 is 2. The molecule has 0 spiro atoms. The van der Waals surface area contributed by atoms with Crippen LogP contribution in [0.1, 0.15) is 31.7 Å². The molecular formula is C19H28N2O4. The molecule has 2 amide bonds. The number of carbonyl (C=O) groups is 2. The van der Waals surface area contributed by atoms with E-state index in [1.807, 2.05) is 23.1 Å². The molecule has 0 bridgehead atoms. The van der Waals surface area contributed by atoms with E-state index >= 15 is 0 Å². The summed E-state index contributed by atoms with van der Waals surface area (Å²) in [5, 5.41) is 0. The van der Waals surface area contributed by atoms with Crippen molar-refractivity contribution in [2.45, 2.75) is 32.6 Å². The van der Waals surface area contributed by atoms with Gasteiger partial charge in [-0.15, -0.1) is 0 Å². The molecule has 1 heterocycles. The lowest BCUT2D eigenvalue weighted by molar-refractivity contribution is -0.140. The van der Waals surface area contributed by atoms with Crippen LogP contribution in [-0.2, 0) is 16.0 Å². The second-order valence-electron chi connectivity index (χ2n) is 6.32. The summed E-state index contributed by atoms with van der Waals surface area (Å²) in [6.45, 7) is 3.78. The molecular weight excluding hydrogens is 320 g/mol. The summed E-state index contributed by atoms with van der Waals surface area (Å²) in [6, 6.07) is 5.71. The van der Waals surface area contributed by atoms with Crippen LogP contribution in [0.5, 0.6) is 11.5 Å². The second-order valence-corrected chi connectivity index (χ2v) is 6.32. The molecule has 0 aliphatic carbocycles. The maximum absolute atomic E-state index is 12.4. The molecule has 0 atom stereocenters. The Hall–Kier alpha value is -2.24. The number of nitrogens with zero attached hydrogens (tertiary/aromatic N) is 2.